The summed E-state index contributed by atoms with van der Waals surface area (Å²) < 4.78 is 35.0. The number of amides is 1. The van der Waals surface area contributed by atoms with Gasteiger partial charge >= 0.3 is 6.09 Å². The Hall–Kier alpha value is -2.68. The quantitative estimate of drug-likeness (QED) is 0.232. The van der Waals surface area contributed by atoms with E-state index in [0.29, 0.717) is 11.2 Å². The zero-order chi connectivity index (χ0) is 24.8. The van der Waals surface area contributed by atoms with Crippen molar-refractivity contribution in [2.75, 3.05) is 18.9 Å². The molecule has 2 rings (SSSR count). The lowest BCUT2D eigenvalue weighted by Gasteiger charge is -2.36. The zero-order valence-electron chi connectivity index (χ0n) is 20.2. The number of nitrogens with zero attached hydrogens (tertiary/aromatic N) is 3. The summed E-state index contributed by atoms with van der Waals surface area (Å²) in [5.41, 5.74) is 0.981. The zero-order valence-corrected chi connectivity index (χ0v) is 21.1. The molecule has 0 radical (unpaired) electrons. The lowest BCUT2D eigenvalue weighted by Crippen LogP contribution is -2.48. The van der Waals surface area contributed by atoms with Crippen molar-refractivity contribution in [3.8, 4) is 0 Å². The molecule has 0 saturated heterocycles. The molecule has 0 aliphatic rings. The molecule has 1 aromatic carbocycles. The van der Waals surface area contributed by atoms with Gasteiger partial charge in [-0.15, -0.1) is 11.3 Å². The van der Waals surface area contributed by atoms with E-state index in [4.69, 9.17) is 4.74 Å². The van der Waals surface area contributed by atoms with E-state index in [9.17, 15) is 13.6 Å². The van der Waals surface area contributed by atoms with E-state index in [1.165, 1.54) is 22.9 Å². The highest BCUT2D eigenvalue weighted by Gasteiger charge is 2.27. The van der Waals surface area contributed by atoms with Crippen LogP contribution in [0.5, 0.6) is 0 Å². The SMILES string of the molecule is C=C(/C=C\N(C)C(C)N(CCCCC)C(=O)OC(C)(C)C)Nc1c(F)cc2scnc2c1F. The summed E-state index contributed by atoms with van der Waals surface area (Å²) in [4.78, 5) is 20.2. The summed E-state index contributed by atoms with van der Waals surface area (Å²) in [6, 6.07) is 1.25. The van der Waals surface area contributed by atoms with Gasteiger partial charge in [0.2, 0.25) is 0 Å². The molecule has 9 heteroatoms. The maximum Gasteiger partial charge on any atom is 0.411 e. The molecule has 1 heterocycles. The number of aromatic nitrogens is 1. The lowest BCUT2D eigenvalue weighted by atomic mass is 10.2. The fourth-order valence-electron chi connectivity index (χ4n) is 3.09. The lowest BCUT2D eigenvalue weighted by molar-refractivity contribution is 0.00310. The van der Waals surface area contributed by atoms with Gasteiger partial charge in [-0.3, -0.25) is 4.90 Å². The van der Waals surface area contributed by atoms with Crippen LogP contribution in [-0.4, -0.2) is 46.2 Å². The van der Waals surface area contributed by atoms with E-state index in [1.807, 2.05) is 39.6 Å². The second kappa shape index (κ2) is 11.4. The van der Waals surface area contributed by atoms with E-state index in [2.05, 4.69) is 23.8 Å². The van der Waals surface area contributed by atoms with Gasteiger partial charge in [-0.1, -0.05) is 26.3 Å². The number of nitrogens with one attached hydrogen (secondary N) is 1. The fourth-order valence-corrected chi connectivity index (χ4v) is 3.78. The number of hydrogen-bond acceptors (Lipinski definition) is 6. The number of anilines is 1. The summed E-state index contributed by atoms with van der Waals surface area (Å²) in [6.45, 7) is 13.9. The predicted octanol–water partition coefficient (Wildman–Crippen LogP) is 6.72. The Balaban J connectivity index is 2.10. The summed E-state index contributed by atoms with van der Waals surface area (Å²) in [5.74, 6) is -1.47. The van der Waals surface area contributed by atoms with Crippen LogP contribution in [0.15, 0.2) is 36.1 Å². The van der Waals surface area contributed by atoms with Crippen molar-refractivity contribution in [3.05, 3.63) is 47.8 Å². The highest BCUT2D eigenvalue weighted by Crippen LogP contribution is 2.30. The number of carbonyl (C=O) groups excluding carboxylic acids is 1. The minimum Gasteiger partial charge on any atom is -0.444 e. The van der Waals surface area contributed by atoms with Crippen molar-refractivity contribution in [1.82, 2.24) is 14.8 Å². The summed E-state index contributed by atoms with van der Waals surface area (Å²) in [6.07, 6.45) is 5.52. The third kappa shape index (κ3) is 7.42. The van der Waals surface area contributed by atoms with Crippen LogP contribution in [0.2, 0.25) is 0 Å². The van der Waals surface area contributed by atoms with Crippen LogP contribution in [0.25, 0.3) is 10.2 Å². The maximum atomic E-state index is 14.6. The van der Waals surface area contributed by atoms with Gasteiger partial charge in [0.25, 0.3) is 0 Å². The minimum absolute atomic E-state index is 0.117. The molecule has 0 aliphatic carbocycles. The number of fused-ring (bicyclic) bond motifs is 1. The van der Waals surface area contributed by atoms with Crippen molar-refractivity contribution >= 4 is 33.3 Å². The minimum atomic E-state index is -0.755. The second-order valence-electron chi connectivity index (χ2n) is 8.89. The molecule has 1 amide bonds. The van der Waals surface area contributed by atoms with Crippen LogP contribution in [0.3, 0.4) is 0 Å². The standard InChI is InChI=1S/C24H34F2N4O2S/c1-8-9-10-12-30(23(31)32-24(4,5)6)17(3)29(7)13-11-16(2)28-21-18(25)14-19-22(20(21)26)27-15-33-19/h11,13-15,17,28H,2,8-10,12H2,1,3-7H3/b13-11-. The van der Waals surface area contributed by atoms with Crippen LogP contribution in [-0.2, 0) is 4.74 Å². The highest BCUT2D eigenvalue weighted by atomic mass is 32.1. The molecule has 0 saturated carbocycles. The molecule has 6 nitrogen and oxygen atoms in total. The molecule has 1 unspecified atom stereocenters. The summed E-state index contributed by atoms with van der Waals surface area (Å²) >= 11 is 1.17. The van der Waals surface area contributed by atoms with Crippen molar-refractivity contribution in [2.45, 2.75) is 65.6 Å². The Morgan fingerprint density at radius 1 is 1.36 bits per heavy atom. The molecule has 33 heavy (non-hydrogen) atoms. The van der Waals surface area contributed by atoms with Gasteiger partial charge in [0.15, 0.2) is 11.6 Å². The first-order chi connectivity index (χ1) is 15.4. The van der Waals surface area contributed by atoms with Crippen LogP contribution < -0.4 is 5.32 Å². The number of carbonyl (C=O) groups is 1. The normalized spacial score (nSPS) is 12.7. The van der Waals surface area contributed by atoms with E-state index in [1.54, 1.807) is 17.2 Å². The summed E-state index contributed by atoms with van der Waals surface area (Å²) in [7, 11) is 1.81. The number of allylic oxidation sites excluding steroid dienone is 1. The predicted molar refractivity (Wildman–Crippen MR) is 131 cm³/mol. The van der Waals surface area contributed by atoms with Crippen LogP contribution in [0.1, 0.15) is 53.9 Å². The fraction of sp³-hybridized carbons (Fsp3) is 0.500. The van der Waals surface area contributed by atoms with Crippen molar-refractivity contribution in [3.63, 3.8) is 0 Å². The number of rotatable bonds is 10. The topological polar surface area (TPSA) is 57.7 Å². The smallest absolute Gasteiger partial charge is 0.411 e. The maximum absolute atomic E-state index is 14.6. The van der Waals surface area contributed by atoms with E-state index < -0.39 is 17.2 Å². The summed E-state index contributed by atoms with van der Waals surface area (Å²) in [5, 5.41) is 2.68. The van der Waals surface area contributed by atoms with Gasteiger partial charge in [-0.05, 0) is 46.3 Å². The average Bonchev–Trinajstić information content (AvgIpc) is 3.19. The number of benzene rings is 1. The number of unbranched alkanes of at least 4 members (excludes halogenated alkanes) is 2. The van der Waals surface area contributed by atoms with Gasteiger partial charge in [0, 0.05) is 25.5 Å². The Kier molecular flexibility index (Phi) is 9.22. The second-order valence-corrected chi connectivity index (χ2v) is 9.78. The van der Waals surface area contributed by atoms with Gasteiger partial charge in [-0.25, -0.2) is 18.6 Å². The van der Waals surface area contributed by atoms with E-state index in [-0.39, 0.29) is 29.2 Å². The molecule has 1 aromatic heterocycles. The average molecular weight is 481 g/mol. The third-order valence-corrected chi connectivity index (χ3v) is 5.76. The number of hydrogen-bond donors (Lipinski definition) is 1. The highest BCUT2D eigenvalue weighted by molar-refractivity contribution is 7.16. The molecule has 182 valence electrons. The van der Waals surface area contributed by atoms with Crippen LogP contribution in [0.4, 0.5) is 19.3 Å². The molecular formula is C24H34F2N4O2S. The first-order valence-electron chi connectivity index (χ1n) is 11.0. The van der Waals surface area contributed by atoms with Crippen molar-refractivity contribution in [1.29, 1.82) is 0 Å². The van der Waals surface area contributed by atoms with Gasteiger partial charge in [0.1, 0.15) is 23.0 Å². The number of thiazole rings is 1. The molecule has 1 atom stereocenters. The Morgan fingerprint density at radius 3 is 2.70 bits per heavy atom. The van der Waals surface area contributed by atoms with Crippen LogP contribution in [0, 0.1) is 11.6 Å². The molecule has 1 N–H and O–H groups in total. The van der Waals surface area contributed by atoms with E-state index in [0.717, 1.165) is 19.3 Å². The number of ether oxygens (including phenoxy) is 1. The molecule has 0 bridgehead atoms. The van der Waals surface area contributed by atoms with Gasteiger partial charge in [0.05, 0.1) is 10.2 Å². The monoisotopic (exact) mass is 480 g/mol. The first-order valence-corrected chi connectivity index (χ1v) is 11.9. The Morgan fingerprint density at radius 2 is 2.06 bits per heavy atom. The first kappa shape index (κ1) is 26.6. The molecule has 2 aromatic rings. The Labute approximate surface area is 198 Å². The Bertz CT molecular complexity index is 1000. The van der Waals surface area contributed by atoms with Crippen molar-refractivity contribution in [2.24, 2.45) is 0 Å². The van der Waals surface area contributed by atoms with Crippen LogP contribution >= 0.6 is 11.3 Å². The third-order valence-electron chi connectivity index (χ3n) is 4.99. The van der Waals surface area contributed by atoms with Gasteiger partial charge in [-0.2, -0.15) is 0 Å². The molecular weight excluding hydrogens is 446 g/mol. The largest absolute Gasteiger partial charge is 0.444 e. The molecule has 0 spiro atoms. The van der Waals surface area contributed by atoms with Crippen molar-refractivity contribution < 1.29 is 18.3 Å². The number of halogens is 2. The van der Waals surface area contributed by atoms with E-state index >= 15 is 0 Å². The molecule has 0 aliphatic heterocycles. The molecule has 0 fully saturated rings. The van der Waals surface area contributed by atoms with Gasteiger partial charge < -0.3 is 15.0 Å².